The van der Waals surface area contributed by atoms with Crippen LogP contribution in [0.15, 0.2) is 39.6 Å². The summed E-state index contributed by atoms with van der Waals surface area (Å²) in [4.78, 5) is 8.08. The number of hydrogen-bond acceptors (Lipinski definition) is 6. The number of aromatic nitrogens is 4. The van der Waals surface area contributed by atoms with E-state index >= 15 is 0 Å². The van der Waals surface area contributed by atoms with Gasteiger partial charge in [-0.15, -0.1) is 0 Å². The lowest BCUT2D eigenvalue weighted by molar-refractivity contribution is 0.388. The van der Waals surface area contributed by atoms with E-state index in [1.165, 1.54) is 0 Å². The zero-order chi connectivity index (χ0) is 13.7. The highest BCUT2D eigenvalue weighted by atomic mass is 16.5. The van der Waals surface area contributed by atoms with Crippen molar-refractivity contribution in [3.05, 3.63) is 36.5 Å². The molecule has 6 nitrogen and oxygen atoms in total. The van der Waals surface area contributed by atoms with Crippen LogP contribution < -0.4 is 0 Å². The maximum atomic E-state index is 5.16. The summed E-state index contributed by atoms with van der Waals surface area (Å²) in [6.07, 6.45) is 3.41. The molecule has 3 heterocycles. The van der Waals surface area contributed by atoms with E-state index in [0.29, 0.717) is 23.2 Å². The predicted molar refractivity (Wildman–Crippen MR) is 69.1 cm³/mol. The van der Waals surface area contributed by atoms with E-state index in [2.05, 4.69) is 20.3 Å². The molecule has 0 N–H and O–H groups in total. The van der Waals surface area contributed by atoms with Gasteiger partial charge in [0.15, 0.2) is 0 Å². The van der Waals surface area contributed by atoms with Crippen LogP contribution in [-0.2, 0) is 0 Å². The summed E-state index contributed by atoms with van der Waals surface area (Å²) in [6, 6.07) is 5.49. The van der Waals surface area contributed by atoms with E-state index in [1.54, 1.807) is 25.4 Å². The van der Waals surface area contributed by atoms with Crippen LogP contribution in [0.5, 0.6) is 0 Å². The highest BCUT2D eigenvalue weighted by Gasteiger charge is 2.13. The van der Waals surface area contributed by atoms with Crippen molar-refractivity contribution in [1.82, 2.24) is 20.3 Å². The van der Waals surface area contributed by atoms with Crippen LogP contribution in [0, 0.1) is 6.92 Å². The van der Waals surface area contributed by atoms with Crippen LogP contribution in [0.4, 0.5) is 0 Å². The molecule has 3 aromatic heterocycles. The summed E-state index contributed by atoms with van der Waals surface area (Å²) in [6.45, 7) is 5.72. The van der Waals surface area contributed by atoms with E-state index in [9.17, 15) is 0 Å². The van der Waals surface area contributed by atoms with E-state index in [4.69, 9.17) is 9.05 Å². The Balaban J connectivity index is 0.000000637. The summed E-state index contributed by atoms with van der Waals surface area (Å²) in [7, 11) is 0. The standard InChI is InChI=1S/C11H8N4O2.C2H6/c1-7-13-11(15-16-7)10-5-9(14-17-10)8-3-2-4-12-6-8;1-2/h2-6H,1H3;1-2H3. The summed E-state index contributed by atoms with van der Waals surface area (Å²) in [5, 5.41) is 7.69. The minimum absolute atomic E-state index is 0.394. The Morgan fingerprint density at radius 2 is 1.95 bits per heavy atom. The molecule has 0 amide bonds. The van der Waals surface area contributed by atoms with Crippen molar-refractivity contribution in [2.45, 2.75) is 20.8 Å². The Labute approximate surface area is 110 Å². The van der Waals surface area contributed by atoms with Gasteiger partial charge in [-0.3, -0.25) is 4.98 Å². The molecule has 3 rings (SSSR count). The zero-order valence-corrected chi connectivity index (χ0v) is 11.0. The smallest absolute Gasteiger partial charge is 0.241 e. The fourth-order valence-corrected chi connectivity index (χ4v) is 1.43. The largest absolute Gasteiger partial charge is 0.352 e. The second-order valence-corrected chi connectivity index (χ2v) is 3.46. The van der Waals surface area contributed by atoms with Gasteiger partial charge in [-0.1, -0.05) is 24.2 Å². The Morgan fingerprint density at radius 1 is 1.11 bits per heavy atom. The molecule has 98 valence electrons. The van der Waals surface area contributed by atoms with Gasteiger partial charge in [0, 0.05) is 30.9 Å². The minimum Gasteiger partial charge on any atom is -0.352 e. The number of rotatable bonds is 2. The zero-order valence-electron chi connectivity index (χ0n) is 11.0. The first-order chi connectivity index (χ1) is 9.33. The minimum atomic E-state index is 0.394. The quantitative estimate of drug-likeness (QED) is 0.702. The van der Waals surface area contributed by atoms with Gasteiger partial charge < -0.3 is 9.05 Å². The molecule has 0 spiro atoms. The lowest BCUT2D eigenvalue weighted by Gasteiger charge is -1.90. The average molecular weight is 258 g/mol. The molecule has 0 radical (unpaired) electrons. The molecule has 0 saturated heterocycles. The molecule has 0 aliphatic carbocycles. The third-order valence-corrected chi connectivity index (χ3v) is 2.22. The lowest BCUT2D eigenvalue weighted by atomic mass is 10.2. The Kier molecular flexibility index (Phi) is 4.02. The van der Waals surface area contributed by atoms with Gasteiger partial charge in [-0.25, -0.2) is 0 Å². The van der Waals surface area contributed by atoms with Crippen molar-refractivity contribution >= 4 is 0 Å². The molecule has 0 saturated carbocycles. The third-order valence-electron chi connectivity index (χ3n) is 2.22. The molecule has 3 aromatic rings. The Bertz CT molecular complexity index is 631. The molecular weight excluding hydrogens is 244 g/mol. The molecule has 0 aliphatic rings. The first-order valence-corrected chi connectivity index (χ1v) is 6.01. The van der Waals surface area contributed by atoms with Crippen LogP contribution >= 0.6 is 0 Å². The fourth-order valence-electron chi connectivity index (χ4n) is 1.43. The predicted octanol–water partition coefficient (Wildman–Crippen LogP) is 3.12. The van der Waals surface area contributed by atoms with Crippen LogP contribution in [-0.4, -0.2) is 20.3 Å². The third kappa shape index (κ3) is 2.85. The second kappa shape index (κ2) is 5.90. The molecule has 0 aliphatic heterocycles. The van der Waals surface area contributed by atoms with Gasteiger partial charge in [0.1, 0.15) is 5.69 Å². The van der Waals surface area contributed by atoms with E-state index in [-0.39, 0.29) is 0 Å². The van der Waals surface area contributed by atoms with Gasteiger partial charge in [-0.05, 0) is 12.1 Å². The first kappa shape index (κ1) is 12.9. The van der Waals surface area contributed by atoms with E-state index in [0.717, 1.165) is 5.56 Å². The number of pyridine rings is 1. The van der Waals surface area contributed by atoms with Crippen molar-refractivity contribution in [2.24, 2.45) is 0 Å². The molecule has 6 heteroatoms. The van der Waals surface area contributed by atoms with Gasteiger partial charge in [0.2, 0.25) is 17.5 Å². The molecule has 0 aromatic carbocycles. The molecule has 19 heavy (non-hydrogen) atoms. The number of nitrogens with zero attached hydrogens (tertiary/aromatic N) is 4. The molecule has 0 unspecified atom stereocenters. The second-order valence-electron chi connectivity index (χ2n) is 3.46. The van der Waals surface area contributed by atoms with Crippen molar-refractivity contribution in [3.8, 4) is 22.8 Å². The Morgan fingerprint density at radius 3 is 2.58 bits per heavy atom. The van der Waals surface area contributed by atoms with Crippen LogP contribution in [0.3, 0.4) is 0 Å². The topological polar surface area (TPSA) is 77.8 Å². The van der Waals surface area contributed by atoms with E-state index < -0.39 is 0 Å². The van der Waals surface area contributed by atoms with Crippen molar-refractivity contribution < 1.29 is 9.05 Å². The SMILES string of the molecule is CC.Cc1nc(-c2cc(-c3cccnc3)no2)no1. The molecule has 0 fully saturated rings. The van der Waals surface area contributed by atoms with Crippen LogP contribution in [0.25, 0.3) is 22.8 Å². The maximum absolute atomic E-state index is 5.16. The van der Waals surface area contributed by atoms with Crippen molar-refractivity contribution in [2.75, 3.05) is 0 Å². The van der Waals surface area contributed by atoms with Crippen molar-refractivity contribution in [1.29, 1.82) is 0 Å². The van der Waals surface area contributed by atoms with Gasteiger partial charge in [0.25, 0.3) is 0 Å². The first-order valence-electron chi connectivity index (χ1n) is 6.01. The van der Waals surface area contributed by atoms with Crippen molar-refractivity contribution in [3.63, 3.8) is 0 Å². The normalized spacial score (nSPS) is 9.84. The summed E-state index contributed by atoms with van der Waals surface area (Å²) in [5.74, 6) is 1.35. The number of hydrogen-bond donors (Lipinski definition) is 0. The number of aryl methyl sites for hydroxylation is 1. The van der Waals surface area contributed by atoms with E-state index in [1.807, 2.05) is 26.0 Å². The van der Waals surface area contributed by atoms with Gasteiger partial charge in [-0.2, -0.15) is 4.98 Å². The monoisotopic (exact) mass is 258 g/mol. The van der Waals surface area contributed by atoms with Gasteiger partial charge in [0.05, 0.1) is 0 Å². The summed E-state index contributed by atoms with van der Waals surface area (Å²) < 4.78 is 10.0. The summed E-state index contributed by atoms with van der Waals surface area (Å²) >= 11 is 0. The average Bonchev–Trinajstić information content (AvgIpc) is 3.10. The van der Waals surface area contributed by atoms with Gasteiger partial charge >= 0.3 is 0 Å². The van der Waals surface area contributed by atoms with Crippen LogP contribution in [0.2, 0.25) is 0 Å². The summed E-state index contributed by atoms with van der Waals surface area (Å²) in [5.41, 5.74) is 1.57. The molecule has 0 bridgehead atoms. The highest BCUT2D eigenvalue weighted by Crippen LogP contribution is 2.23. The lowest BCUT2D eigenvalue weighted by Crippen LogP contribution is -1.77. The fraction of sp³-hybridized carbons (Fsp3) is 0.231. The molecular formula is C13H14N4O2. The molecule has 0 atom stereocenters. The van der Waals surface area contributed by atoms with Crippen LogP contribution in [0.1, 0.15) is 19.7 Å². The maximum Gasteiger partial charge on any atom is 0.241 e. The highest BCUT2D eigenvalue weighted by molar-refractivity contribution is 5.62. The Hall–Kier alpha value is -2.50.